The van der Waals surface area contributed by atoms with E-state index in [0.717, 1.165) is 22.0 Å². The van der Waals surface area contributed by atoms with Gasteiger partial charge in [-0.2, -0.15) is 0 Å². The molecule has 0 aliphatic heterocycles. The van der Waals surface area contributed by atoms with E-state index in [0.29, 0.717) is 12.2 Å². The van der Waals surface area contributed by atoms with Crippen molar-refractivity contribution in [3.63, 3.8) is 0 Å². The second-order valence-electron chi connectivity index (χ2n) is 10.3. The molecule has 0 spiro atoms. The number of amides is 2. The molecule has 0 aromatic heterocycles. The van der Waals surface area contributed by atoms with Crippen LogP contribution in [0.25, 0.3) is 0 Å². The van der Waals surface area contributed by atoms with Crippen LogP contribution in [0.5, 0.6) is 5.75 Å². The highest BCUT2D eigenvalue weighted by Crippen LogP contribution is 2.26. The fourth-order valence-electron chi connectivity index (χ4n) is 4.16. The van der Waals surface area contributed by atoms with Gasteiger partial charge < -0.3 is 15.0 Å². The molecule has 0 saturated carbocycles. The lowest BCUT2D eigenvalue weighted by atomic mass is 10.1. The molecule has 1 N–H and O–H groups in total. The molecule has 1 atom stereocenters. The third-order valence-electron chi connectivity index (χ3n) is 6.12. The summed E-state index contributed by atoms with van der Waals surface area (Å²) in [6.45, 7) is 6.82. The van der Waals surface area contributed by atoms with Gasteiger partial charge in [-0.25, -0.2) is 12.8 Å². The van der Waals surface area contributed by atoms with E-state index in [4.69, 9.17) is 4.74 Å². The van der Waals surface area contributed by atoms with Crippen LogP contribution < -0.4 is 14.4 Å². The van der Waals surface area contributed by atoms with E-state index in [9.17, 15) is 22.4 Å². The summed E-state index contributed by atoms with van der Waals surface area (Å²) in [5.74, 6) is -1.01. The number of nitrogens with one attached hydrogen (secondary N) is 1. The monoisotopic (exact) mass is 569 g/mol. The summed E-state index contributed by atoms with van der Waals surface area (Å²) in [6, 6.07) is 18.9. The molecule has 3 aromatic carbocycles. The maximum atomic E-state index is 14.0. The van der Waals surface area contributed by atoms with Gasteiger partial charge in [-0.15, -0.1) is 0 Å². The number of ether oxygens (including phenoxy) is 1. The lowest BCUT2D eigenvalue weighted by Crippen LogP contribution is -2.55. The minimum Gasteiger partial charge on any atom is -0.497 e. The van der Waals surface area contributed by atoms with E-state index in [2.05, 4.69) is 5.32 Å². The van der Waals surface area contributed by atoms with Crippen molar-refractivity contribution in [1.29, 1.82) is 0 Å². The highest BCUT2D eigenvalue weighted by atomic mass is 32.2. The molecule has 0 aliphatic carbocycles. The molecule has 40 heavy (non-hydrogen) atoms. The molecule has 10 heteroatoms. The Morgan fingerprint density at radius 1 is 0.950 bits per heavy atom. The van der Waals surface area contributed by atoms with E-state index in [1.165, 1.54) is 48.4 Å². The quantitative estimate of drug-likeness (QED) is 0.360. The van der Waals surface area contributed by atoms with Gasteiger partial charge in [0.15, 0.2) is 0 Å². The number of hydrogen-bond acceptors (Lipinski definition) is 5. The van der Waals surface area contributed by atoms with E-state index in [1.54, 1.807) is 6.92 Å². The Labute approximate surface area is 235 Å². The number of carbonyl (C=O) groups excluding carboxylic acids is 2. The summed E-state index contributed by atoms with van der Waals surface area (Å²) in [4.78, 5) is 28.6. The van der Waals surface area contributed by atoms with Crippen molar-refractivity contribution >= 4 is 27.5 Å². The molecule has 214 valence electrons. The first-order valence-corrected chi connectivity index (χ1v) is 14.4. The average molecular weight is 570 g/mol. The first-order chi connectivity index (χ1) is 18.9. The Balaban J connectivity index is 2.05. The molecule has 0 unspecified atom stereocenters. The zero-order valence-corrected chi connectivity index (χ0v) is 24.2. The van der Waals surface area contributed by atoms with Crippen LogP contribution in [0.3, 0.4) is 0 Å². The number of sulfonamides is 1. The number of carbonyl (C=O) groups is 2. The molecule has 0 saturated heterocycles. The van der Waals surface area contributed by atoms with Crippen LogP contribution >= 0.6 is 0 Å². The number of anilines is 1. The molecule has 2 amide bonds. The molecule has 0 aliphatic rings. The SMILES string of the molecule is CC[C@H](C(=O)NC(C)(C)C)N(Cc1ccccc1)C(=O)CN(c1ccc(F)cc1)S(=O)(=O)c1ccc(OC)cc1. The Hall–Kier alpha value is -3.92. The second kappa shape index (κ2) is 13.0. The average Bonchev–Trinajstić information content (AvgIpc) is 2.91. The van der Waals surface area contributed by atoms with Crippen molar-refractivity contribution in [2.24, 2.45) is 0 Å². The van der Waals surface area contributed by atoms with E-state index < -0.39 is 39.9 Å². The van der Waals surface area contributed by atoms with Gasteiger partial charge in [0.25, 0.3) is 10.0 Å². The van der Waals surface area contributed by atoms with Crippen molar-refractivity contribution in [3.05, 3.63) is 90.2 Å². The summed E-state index contributed by atoms with van der Waals surface area (Å²) < 4.78 is 47.5. The number of rotatable bonds is 11. The van der Waals surface area contributed by atoms with Crippen molar-refractivity contribution in [2.75, 3.05) is 18.0 Å². The minimum absolute atomic E-state index is 0.0717. The lowest BCUT2D eigenvalue weighted by molar-refractivity contribution is -0.141. The van der Waals surface area contributed by atoms with Crippen LogP contribution in [0.2, 0.25) is 0 Å². The van der Waals surface area contributed by atoms with Gasteiger partial charge in [-0.3, -0.25) is 13.9 Å². The minimum atomic E-state index is -4.27. The standard InChI is InChI=1S/C30H36FN3O5S/c1-6-27(29(36)32-30(2,3)4)33(20-22-10-8-7-9-11-22)28(35)21-34(24-14-12-23(31)13-15-24)40(37,38)26-18-16-25(39-5)17-19-26/h7-19,27H,6,20-21H2,1-5H3,(H,32,36)/t27-/m1/s1. The van der Waals surface area contributed by atoms with Crippen molar-refractivity contribution in [3.8, 4) is 5.75 Å². The molecule has 3 aromatic rings. The van der Waals surface area contributed by atoms with Gasteiger partial charge in [0.1, 0.15) is 24.2 Å². The van der Waals surface area contributed by atoms with Gasteiger partial charge in [0.05, 0.1) is 17.7 Å². The summed E-state index contributed by atoms with van der Waals surface area (Å²) in [6.07, 6.45) is 0.308. The van der Waals surface area contributed by atoms with Gasteiger partial charge in [-0.05, 0) is 81.3 Å². The van der Waals surface area contributed by atoms with E-state index in [-0.39, 0.29) is 23.0 Å². The first kappa shape index (κ1) is 30.6. The summed E-state index contributed by atoms with van der Waals surface area (Å²) in [7, 11) is -2.80. The zero-order chi connectivity index (χ0) is 29.5. The van der Waals surface area contributed by atoms with Crippen LogP contribution in [-0.2, 0) is 26.2 Å². The van der Waals surface area contributed by atoms with Gasteiger partial charge >= 0.3 is 0 Å². The fourth-order valence-corrected chi connectivity index (χ4v) is 5.58. The number of benzene rings is 3. The molecular weight excluding hydrogens is 533 g/mol. The third kappa shape index (κ3) is 7.81. The fraction of sp³-hybridized carbons (Fsp3) is 0.333. The summed E-state index contributed by atoms with van der Waals surface area (Å²) in [5.41, 5.74) is 0.353. The topological polar surface area (TPSA) is 96.0 Å². The largest absolute Gasteiger partial charge is 0.497 e. The van der Waals surface area contributed by atoms with E-state index in [1.807, 2.05) is 51.1 Å². The number of methoxy groups -OCH3 is 1. The first-order valence-electron chi connectivity index (χ1n) is 12.9. The Morgan fingerprint density at radius 2 is 1.55 bits per heavy atom. The number of hydrogen-bond donors (Lipinski definition) is 1. The van der Waals surface area contributed by atoms with Crippen LogP contribution in [0.1, 0.15) is 39.7 Å². The number of nitrogens with zero attached hydrogens (tertiary/aromatic N) is 2. The maximum absolute atomic E-state index is 14.0. The molecule has 8 nitrogen and oxygen atoms in total. The summed E-state index contributed by atoms with van der Waals surface area (Å²) in [5, 5.41) is 2.93. The highest BCUT2D eigenvalue weighted by molar-refractivity contribution is 7.92. The second-order valence-corrected chi connectivity index (χ2v) is 12.2. The van der Waals surface area contributed by atoms with Crippen molar-refractivity contribution < 1.29 is 27.1 Å². The Kier molecular flexibility index (Phi) is 9.92. The third-order valence-corrected chi connectivity index (χ3v) is 7.91. The molecule has 0 radical (unpaired) electrons. The van der Waals surface area contributed by atoms with E-state index >= 15 is 0 Å². The zero-order valence-electron chi connectivity index (χ0n) is 23.4. The van der Waals surface area contributed by atoms with Crippen LogP contribution in [-0.4, -0.2) is 50.4 Å². The Bertz CT molecular complexity index is 1390. The smallest absolute Gasteiger partial charge is 0.264 e. The predicted octanol–water partition coefficient (Wildman–Crippen LogP) is 4.75. The van der Waals surface area contributed by atoms with Crippen LogP contribution in [0.4, 0.5) is 10.1 Å². The predicted molar refractivity (Wildman–Crippen MR) is 153 cm³/mol. The van der Waals surface area contributed by atoms with Crippen LogP contribution in [0.15, 0.2) is 83.8 Å². The van der Waals surface area contributed by atoms with Crippen molar-refractivity contribution in [2.45, 2.75) is 57.1 Å². The van der Waals surface area contributed by atoms with Gasteiger partial charge in [-0.1, -0.05) is 37.3 Å². The van der Waals surface area contributed by atoms with Gasteiger partial charge in [0.2, 0.25) is 11.8 Å². The highest BCUT2D eigenvalue weighted by Gasteiger charge is 2.34. The van der Waals surface area contributed by atoms with Gasteiger partial charge in [0, 0.05) is 12.1 Å². The summed E-state index contributed by atoms with van der Waals surface area (Å²) >= 11 is 0. The van der Waals surface area contributed by atoms with Crippen LogP contribution in [0, 0.1) is 5.82 Å². The lowest BCUT2D eigenvalue weighted by Gasteiger charge is -2.34. The number of halogens is 1. The normalized spacial score (nSPS) is 12.3. The molecular formula is C30H36FN3O5S. The Morgan fingerprint density at radius 3 is 2.08 bits per heavy atom. The molecule has 0 bridgehead atoms. The maximum Gasteiger partial charge on any atom is 0.264 e. The van der Waals surface area contributed by atoms with Crippen molar-refractivity contribution in [1.82, 2.24) is 10.2 Å². The molecule has 0 fully saturated rings. The molecule has 3 rings (SSSR count). The molecule has 0 heterocycles.